The maximum atomic E-state index is 10.2. The van der Waals surface area contributed by atoms with Crippen LogP contribution in [-0.2, 0) is 18.9 Å². The zero-order valence-electron chi connectivity index (χ0n) is 9.76. The van der Waals surface area contributed by atoms with Gasteiger partial charge < -0.3 is 24.1 Å². The van der Waals surface area contributed by atoms with Crippen LogP contribution in [-0.4, -0.2) is 56.0 Å². The van der Waals surface area contributed by atoms with E-state index in [9.17, 15) is 5.11 Å². The van der Waals surface area contributed by atoms with E-state index in [1.54, 1.807) is 0 Å². The summed E-state index contributed by atoms with van der Waals surface area (Å²) in [7, 11) is 7.36. The molecule has 3 rings (SSSR count). The molecule has 96 valence electrons. The molecule has 3 aliphatic rings. The van der Waals surface area contributed by atoms with Crippen LogP contribution in [0.1, 0.15) is 12.8 Å². The Morgan fingerprint density at radius 2 is 2.11 bits per heavy atom. The fraction of sp³-hybridized carbons (Fsp3) is 0.818. The number of fused-ring (bicyclic) bond motifs is 1. The van der Waals surface area contributed by atoms with Gasteiger partial charge >= 0.3 is 0 Å². The van der Waals surface area contributed by atoms with Crippen molar-refractivity contribution in [1.29, 1.82) is 0 Å². The lowest BCUT2D eigenvalue weighted by atomic mass is 9.80. The van der Waals surface area contributed by atoms with Gasteiger partial charge in [-0.15, -0.1) is 0 Å². The molecule has 1 saturated carbocycles. The number of methoxy groups -OCH3 is 1. The fourth-order valence-electron chi connectivity index (χ4n) is 2.50. The summed E-state index contributed by atoms with van der Waals surface area (Å²) in [6.45, 7) is -0.882. The summed E-state index contributed by atoms with van der Waals surface area (Å²) in [5.41, 5.74) is -2.10. The van der Waals surface area contributed by atoms with E-state index in [2.05, 4.69) is 11.3 Å². The van der Waals surface area contributed by atoms with Crippen LogP contribution in [0.2, 0.25) is 0 Å². The van der Waals surface area contributed by atoms with E-state index in [4.69, 9.17) is 38.4 Å². The van der Waals surface area contributed by atoms with Gasteiger partial charge in [0.25, 0.3) is 6.48 Å². The molecule has 3 fully saturated rings. The number of rotatable bonds is 2. The van der Waals surface area contributed by atoms with Crippen molar-refractivity contribution in [1.82, 2.24) is 0 Å². The molecule has 5 nitrogen and oxygen atoms in total. The van der Waals surface area contributed by atoms with Gasteiger partial charge in [0.2, 0.25) is 0 Å². The Morgan fingerprint density at radius 3 is 2.67 bits per heavy atom. The van der Waals surface area contributed by atoms with Crippen LogP contribution in [0.25, 0.3) is 0 Å². The van der Waals surface area contributed by atoms with Crippen LogP contribution in [0.3, 0.4) is 0 Å². The molecule has 7 heteroatoms. The molecule has 2 unspecified atom stereocenters. The van der Waals surface area contributed by atoms with E-state index < -0.39 is 35.9 Å². The number of hydrogen-bond acceptors (Lipinski definition) is 5. The van der Waals surface area contributed by atoms with Crippen LogP contribution < -0.4 is 0 Å². The largest absolute Gasteiger partial charge is 0.387 e. The third kappa shape index (κ3) is 1.63. The minimum Gasteiger partial charge on any atom is -0.387 e. The molecule has 5 atom stereocenters. The van der Waals surface area contributed by atoms with Gasteiger partial charge in [-0.2, -0.15) is 0 Å². The first kappa shape index (κ1) is 12.7. The first-order valence-corrected chi connectivity index (χ1v) is 6.06. The normalized spacial score (nSPS) is 48.4. The van der Waals surface area contributed by atoms with Gasteiger partial charge in [-0.1, -0.05) is 0 Å². The zero-order chi connectivity index (χ0) is 13.0. The van der Waals surface area contributed by atoms with Gasteiger partial charge in [-0.25, -0.2) is 0 Å². The second kappa shape index (κ2) is 4.10. The van der Waals surface area contributed by atoms with Crippen LogP contribution in [0.5, 0.6) is 0 Å². The van der Waals surface area contributed by atoms with Crippen molar-refractivity contribution >= 4 is 19.4 Å². The highest BCUT2D eigenvalue weighted by Crippen LogP contribution is 2.51. The summed E-state index contributed by atoms with van der Waals surface area (Å²) < 4.78 is 21.7. The van der Waals surface area contributed by atoms with E-state index in [-0.39, 0.29) is 0 Å². The Labute approximate surface area is 111 Å². The molecule has 0 amide bonds. The van der Waals surface area contributed by atoms with Crippen molar-refractivity contribution in [2.24, 2.45) is 0 Å². The Hall–Kier alpha value is -0.285. The van der Waals surface area contributed by atoms with E-state index in [1.165, 1.54) is 7.11 Å². The lowest BCUT2D eigenvalue weighted by Crippen LogP contribution is -2.47. The third-order valence-electron chi connectivity index (χ3n) is 3.69. The summed E-state index contributed by atoms with van der Waals surface area (Å²) in [5.74, 6) is 2.69. The van der Waals surface area contributed by atoms with E-state index in [0.29, 0.717) is 12.8 Å². The predicted octanol–water partition coefficient (Wildman–Crippen LogP) is -0.311. The standard InChI is InChI=1S/C11H12BClO5/c1-15-9-17-7-6(10(14)2-3-10)16-8(12)11(7,18-9)4-5-13/h6-9,14H,2-3H2,1H3/t6-,7?,8+,9?,11+/m0/s1. The smallest absolute Gasteiger partial charge is 0.273 e. The highest BCUT2D eigenvalue weighted by atomic mass is 35.5. The van der Waals surface area contributed by atoms with E-state index >= 15 is 0 Å². The van der Waals surface area contributed by atoms with Crippen LogP contribution in [0.15, 0.2) is 0 Å². The van der Waals surface area contributed by atoms with Crippen molar-refractivity contribution in [2.45, 2.75) is 48.7 Å². The zero-order valence-corrected chi connectivity index (χ0v) is 10.5. The molecule has 1 N–H and O–H groups in total. The number of hydrogen-bond donors (Lipinski definition) is 1. The molecule has 0 aromatic rings. The van der Waals surface area contributed by atoms with Crippen molar-refractivity contribution in [2.75, 3.05) is 7.11 Å². The van der Waals surface area contributed by atoms with Crippen LogP contribution >= 0.6 is 11.6 Å². The SMILES string of the molecule is [B][C@@H]1O[C@H](C2(O)CC2)C2OC(OC)O[C@]21C#CCl. The van der Waals surface area contributed by atoms with Gasteiger partial charge in [-0.05, 0) is 30.4 Å². The molecule has 1 aliphatic carbocycles. The molecule has 2 aliphatic heterocycles. The molecular weight excluding hydrogens is 258 g/mol. The summed E-state index contributed by atoms with van der Waals surface area (Å²) in [5, 5.41) is 12.5. The minimum atomic E-state index is -1.19. The first-order chi connectivity index (χ1) is 8.55. The van der Waals surface area contributed by atoms with Crippen molar-refractivity contribution in [3.63, 3.8) is 0 Å². The van der Waals surface area contributed by atoms with Crippen molar-refractivity contribution < 1.29 is 24.1 Å². The molecule has 0 bridgehead atoms. The lowest BCUT2D eigenvalue weighted by Gasteiger charge is -2.23. The highest BCUT2D eigenvalue weighted by Gasteiger charge is 2.68. The number of ether oxygens (including phenoxy) is 4. The van der Waals surface area contributed by atoms with Crippen LogP contribution in [0.4, 0.5) is 0 Å². The average molecular weight is 270 g/mol. The molecular formula is C11H12BClO5. The van der Waals surface area contributed by atoms with Gasteiger partial charge in [0.05, 0.1) is 11.6 Å². The average Bonchev–Trinajstić information content (AvgIpc) is 2.88. The molecule has 2 saturated heterocycles. The molecule has 0 spiro atoms. The second-order valence-electron chi connectivity index (χ2n) is 4.79. The van der Waals surface area contributed by atoms with Gasteiger partial charge in [-0.3, -0.25) is 0 Å². The topological polar surface area (TPSA) is 57.2 Å². The van der Waals surface area contributed by atoms with Crippen LogP contribution in [0, 0.1) is 11.3 Å². The quantitative estimate of drug-likeness (QED) is 0.551. The number of halogens is 1. The molecule has 0 aromatic heterocycles. The predicted molar refractivity (Wildman–Crippen MR) is 61.7 cm³/mol. The highest BCUT2D eigenvalue weighted by molar-refractivity contribution is 6.30. The van der Waals surface area contributed by atoms with Crippen molar-refractivity contribution in [3.8, 4) is 11.3 Å². The van der Waals surface area contributed by atoms with Gasteiger partial charge in [0.15, 0.2) is 5.60 Å². The second-order valence-corrected chi connectivity index (χ2v) is 4.98. The third-order valence-corrected chi connectivity index (χ3v) is 3.78. The van der Waals surface area contributed by atoms with Gasteiger partial charge in [0.1, 0.15) is 20.1 Å². The minimum absolute atomic E-state index is 0.579. The van der Waals surface area contributed by atoms with E-state index in [1.807, 2.05) is 0 Å². The maximum absolute atomic E-state index is 10.2. The Balaban J connectivity index is 1.94. The summed E-state index contributed by atoms with van der Waals surface area (Å²) >= 11 is 5.47. The summed E-state index contributed by atoms with van der Waals surface area (Å²) in [6.07, 6.45) is 0.0971. The molecule has 0 aromatic carbocycles. The molecule has 2 radical (unpaired) electrons. The molecule has 18 heavy (non-hydrogen) atoms. The fourth-order valence-corrected chi connectivity index (χ4v) is 2.65. The summed E-state index contributed by atoms with van der Waals surface area (Å²) in [6, 6.07) is -0.844. The Kier molecular flexibility index (Phi) is 2.90. The van der Waals surface area contributed by atoms with E-state index in [0.717, 1.165) is 0 Å². The lowest BCUT2D eigenvalue weighted by molar-refractivity contribution is -0.256. The summed E-state index contributed by atoms with van der Waals surface area (Å²) in [4.78, 5) is 0. The van der Waals surface area contributed by atoms with Crippen molar-refractivity contribution in [3.05, 3.63) is 0 Å². The first-order valence-electron chi connectivity index (χ1n) is 5.68. The van der Waals surface area contributed by atoms with Gasteiger partial charge in [0, 0.05) is 12.5 Å². The number of aliphatic hydroxyl groups is 1. The Morgan fingerprint density at radius 1 is 1.39 bits per heavy atom. The maximum Gasteiger partial charge on any atom is 0.273 e. The monoisotopic (exact) mass is 270 g/mol. The molecule has 2 heterocycles. The Bertz CT molecular complexity index is 417.